The van der Waals surface area contributed by atoms with Gasteiger partial charge in [0, 0.05) is 5.92 Å². The second-order valence-electron chi connectivity index (χ2n) is 8.84. The van der Waals surface area contributed by atoms with E-state index in [1.165, 1.54) is 16.7 Å². The van der Waals surface area contributed by atoms with Gasteiger partial charge in [-0.1, -0.05) is 47.5 Å². The molecule has 3 nitrogen and oxygen atoms in total. The number of aliphatic hydroxyl groups is 1. The maximum absolute atomic E-state index is 13.4. The molecule has 0 aromatic heterocycles. The molecule has 0 saturated carbocycles. The fourth-order valence-electron chi connectivity index (χ4n) is 5.82. The van der Waals surface area contributed by atoms with Crippen LogP contribution in [0.2, 0.25) is 0 Å². The van der Waals surface area contributed by atoms with Crippen molar-refractivity contribution in [1.82, 2.24) is 0 Å². The van der Waals surface area contributed by atoms with Gasteiger partial charge in [0.15, 0.2) is 5.78 Å². The van der Waals surface area contributed by atoms with Crippen LogP contribution in [0.3, 0.4) is 0 Å². The number of ether oxygens (including phenoxy) is 1. The summed E-state index contributed by atoms with van der Waals surface area (Å²) in [7, 11) is 0. The minimum atomic E-state index is -0.234. The highest BCUT2D eigenvalue weighted by molar-refractivity contribution is 6.26. The molecule has 0 radical (unpaired) electrons. The molecule has 3 heteroatoms. The predicted octanol–water partition coefficient (Wildman–Crippen LogP) is 4.96. The Morgan fingerprint density at radius 1 is 0.929 bits per heavy atom. The van der Waals surface area contributed by atoms with E-state index >= 15 is 0 Å². The molecule has 2 fully saturated rings. The van der Waals surface area contributed by atoms with Crippen molar-refractivity contribution in [2.45, 2.75) is 52.2 Å². The average molecular weight is 374 g/mol. The van der Waals surface area contributed by atoms with E-state index in [1.54, 1.807) is 0 Å². The van der Waals surface area contributed by atoms with Crippen LogP contribution < -0.4 is 0 Å². The van der Waals surface area contributed by atoms with Crippen LogP contribution in [0.4, 0.5) is 0 Å². The van der Waals surface area contributed by atoms with Gasteiger partial charge in [-0.2, -0.15) is 0 Å². The zero-order valence-corrected chi connectivity index (χ0v) is 16.8. The van der Waals surface area contributed by atoms with Crippen LogP contribution in [-0.2, 0) is 9.53 Å². The van der Waals surface area contributed by atoms with Gasteiger partial charge in [0.2, 0.25) is 0 Å². The second-order valence-corrected chi connectivity index (χ2v) is 8.84. The minimum absolute atomic E-state index is 0.0624. The third-order valence-electron chi connectivity index (χ3n) is 6.91. The first-order chi connectivity index (χ1) is 13.4. The highest BCUT2D eigenvalue weighted by Gasteiger charge is 2.62. The predicted molar refractivity (Wildman–Crippen MR) is 109 cm³/mol. The first kappa shape index (κ1) is 17.7. The number of carbonyl (C=O) groups is 1. The number of fused-ring (bicyclic) bond motifs is 5. The van der Waals surface area contributed by atoms with Crippen molar-refractivity contribution >= 4 is 11.4 Å². The topological polar surface area (TPSA) is 46.5 Å². The Kier molecular flexibility index (Phi) is 3.82. The lowest BCUT2D eigenvalue weighted by molar-refractivity contribution is -0.118. The van der Waals surface area contributed by atoms with Crippen molar-refractivity contribution in [1.29, 1.82) is 0 Å². The molecule has 5 atom stereocenters. The van der Waals surface area contributed by atoms with Crippen molar-refractivity contribution in [3.05, 3.63) is 75.5 Å². The summed E-state index contributed by atoms with van der Waals surface area (Å²) < 4.78 is 6.23. The van der Waals surface area contributed by atoms with Crippen LogP contribution in [-0.4, -0.2) is 23.1 Å². The summed E-state index contributed by atoms with van der Waals surface area (Å²) in [6.45, 7) is 8.19. The number of aliphatic hydroxyl groups excluding tert-OH is 1. The molecular weight excluding hydrogens is 348 g/mol. The molecule has 5 rings (SSSR count). The van der Waals surface area contributed by atoms with Gasteiger partial charge in [-0.05, 0) is 56.4 Å². The largest absolute Gasteiger partial charge is 0.511 e. The fourth-order valence-corrected chi connectivity index (χ4v) is 5.82. The normalized spacial score (nSPS) is 31.0. The highest BCUT2D eigenvalue weighted by Crippen LogP contribution is 2.58. The Bertz CT molecular complexity index is 992. The number of benzene rings is 2. The third kappa shape index (κ3) is 2.35. The van der Waals surface area contributed by atoms with Gasteiger partial charge in [-0.25, -0.2) is 0 Å². The molecule has 3 unspecified atom stereocenters. The lowest BCUT2D eigenvalue weighted by atomic mass is 9.72. The Labute approximate surface area is 166 Å². The van der Waals surface area contributed by atoms with E-state index in [0.717, 1.165) is 23.1 Å². The van der Waals surface area contributed by atoms with Crippen LogP contribution >= 0.6 is 0 Å². The van der Waals surface area contributed by atoms with E-state index in [1.807, 2.05) is 13.8 Å². The zero-order chi connectivity index (χ0) is 19.7. The van der Waals surface area contributed by atoms with E-state index < -0.39 is 0 Å². The van der Waals surface area contributed by atoms with Gasteiger partial charge in [0.25, 0.3) is 0 Å². The standard InChI is InChI=1S/C25H26O3/c1-12-5-7-16(8-6-12)17-11-18-20-22(25(17)28-18)24(27)21(23(20)26)19-14(3)9-13(2)10-15(19)4/h5-10,17-18,20,22,25,27H,11H2,1-4H3/t17?,18?,20-,22+,25?/m0/s1. The maximum atomic E-state index is 13.4. The molecule has 0 spiro atoms. The molecule has 2 bridgehead atoms. The molecule has 2 aliphatic heterocycles. The van der Waals surface area contributed by atoms with Gasteiger partial charge in [0.1, 0.15) is 5.76 Å². The van der Waals surface area contributed by atoms with E-state index in [2.05, 4.69) is 50.2 Å². The van der Waals surface area contributed by atoms with Crippen LogP contribution in [0.15, 0.2) is 42.2 Å². The molecule has 1 aliphatic carbocycles. The number of Topliss-reactive ketones (excluding diaryl/α,β-unsaturated/α-hetero) is 1. The maximum Gasteiger partial charge on any atom is 0.173 e. The first-order valence-electron chi connectivity index (χ1n) is 10.1. The van der Waals surface area contributed by atoms with Crippen molar-refractivity contribution < 1.29 is 14.6 Å². The fraction of sp³-hybridized carbons (Fsp3) is 0.400. The minimum Gasteiger partial charge on any atom is -0.511 e. The molecule has 28 heavy (non-hydrogen) atoms. The number of rotatable bonds is 2. The van der Waals surface area contributed by atoms with Gasteiger partial charge in [-0.15, -0.1) is 0 Å². The van der Waals surface area contributed by atoms with E-state index in [9.17, 15) is 9.90 Å². The van der Waals surface area contributed by atoms with Crippen molar-refractivity contribution in [2.24, 2.45) is 11.8 Å². The van der Waals surface area contributed by atoms with Gasteiger partial charge in [0.05, 0.1) is 29.6 Å². The third-order valence-corrected chi connectivity index (χ3v) is 6.91. The van der Waals surface area contributed by atoms with E-state index in [-0.39, 0.29) is 41.5 Å². The molecule has 2 aromatic carbocycles. The Balaban J connectivity index is 1.57. The molecule has 3 aliphatic rings. The first-order valence-corrected chi connectivity index (χ1v) is 10.1. The molecule has 0 amide bonds. The number of aryl methyl sites for hydroxylation is 4. The van der Waals surface area contributed by atoms with Gasteiger partial charge < -0.3 is 9.84 Å². The number of hydrogen-bond donors (Lipinski definition) is 1. The summed E-state index contributed by atoms with van der Waals surface area (Å²) in [5.41, 5.74) is 7.20. The summed E-state index contributed by atoms with van der Waals surface area (Å²) in [5, 5.41) is 11.2. The summed E-state index contributed by atoms with van der Waals surface area (Å²) in [6.07, 6.45) is 0.636. The smallest absolute Gasteiger partial charge is 0.173 e. The van der Waals surface area contributed by atoms with Crippen molar-refractivity contribution in [3.63, 3.8) is 0 Å². The number of carbonyl (C=O) groups excluding carboxylic acids is 1. The van der Waals surface area contributed by atoms with Crippen molar-refractivity contribution in [2.75, 3.05) is 0 Å². The highest BCUT2D eigenvalue weighted by atomic mass is 16.5. The number of ketones is 1. The van der Waals surface area contributed by atoms with Crippen LogP contribution in [0, 0.1) is 39.5 Å². The molecule has 1 N–H and O–H groups in total. The molecule has 2 saturated heterocycles. The number of hydrogen-bond acceptors (Lipinski definition) is 3. The zero-order valence-electron chi connectivity index (χ0n) is 16.8. The lowest BCUT2D eigenvalue weighted by Gasteiger charge is -2.27. The molecule has 144 valence electrons. The second kappa shape index (κ2) is 6.05. The van der Waals surface area contributed by atoms with E-state index in [4.69, 9.17) is 4.74 Å². The SMILES string of the molecule is Cc1ccc(C2CC3OC2[C@H]2C(O)=C(c4c(C)cc(C)cc4C)C(=O)[C@@H]32)cc1. The summed E-state index contributed by atoms with van der Waals surface area (Å²) in [5.74, 6) is 0.0950. The van der Waals surface area contributed by atoms with Crippen LogP contribution in [0.5, 0.6) is 0 Å². The number of allylic oxidation sites excluding steroid dienone is 1. The van der Waals surface area contributed by atoms with Crippen LogP contribution in [0.25, 0.3) is 5.57 Å². The summed E-state index contributed by atoms with van der Waals surface area (Å²) in [4.78, 5) is 13.4. The van der Waals surface area contributed by atoms with Crippen molar-refractivity contribution in [3.8, 4) is 0 Å². The van der Waals surface area contributed by atoms with Crippen LogP contribution in [0.1, 0.15) is 45.7 Å². The molecule has 2 heterocycles. The summed E-state index contributed by atoms with van der Waals surface area (Å²) >= 11 is 0. The van der Waals surface area contributed by atoms with Gasteiger partial charge >= 0.3 is 0 Å². The Morgan fingerprint density at radius 2 is 1.57 bits per heavy atom. The molecule has 2 aromatic rings. The van der Waals surface area contributed by atoms with E-state index in [0.29, 0.717) is 5.57 Å². The lowest BCUT2D eigenvalue weighted by Crippen LogP contribution is -2.33. The Morgan fingerprint density at radius 3 is 2.21 bits per heavy atom. The quantitative estimate of drug-likeness (QED) is 0.808. The summed E-state index contributed by atoms with van der Waals surface area (Å²) in [6, 6.07) is 12.7. The Hall–Kier alpha value is -2.39. The van der Waals surface area contributed by atoms with Gasteiger partial charge in [-0.3, -0.25) is 4.79 Å². The molecular formula is C25H26O3. The monoisotopic (exact) mass is 374 g/mol. The average Bonchev–Trinajstić information content (AvgIpc) is 3.29.